The topological polar surface area (TPSA) is 79.5 Å². The fourth-order valence-electron chi connectivity index (χ4n) is 2.27. The number of aliphatic hydroxyl groups excluding tert-OH is 1. The molecule has 120 valence electrons. The van der Waals surface area contributed by atoms with Gasteiger partial charge in [-0.15, -0.1) is 16.4 Å². The first kappa shape index (κ1) is 15.6. The van der Waals surface area contributed by atoms with Crippen molar-refractivity contribution < 1.29 is 9.90 Å². The van der Waals surface area contributed by atoms with Gasteiger partial charge in [-0.3, -0.25) is 4.79 Å². The van der Waals surface area contributed by atoms with Crippen LogP contribution in [-0.4, -0.2) is 38.1 Å². The molecule has 0 aliphatic carbocycles. The average molecular weight is 330 g/mol. The molecule has 0 saturated carbocycles. The third-order valence-corrected chi connectivity index (χ3v) is 4.84. The van der Waals surface area contributed by atoms with Crippen LogP contribution in [-0.2, 0) is 0 Å². The number of hydrogen-bond donors (Lipinski definition) is 2. The van der Waals surface area contributed by atoms with Crippen LogP contribution in [0.5, 0.6) is 0 Å². The van der Waals surface area contributed by atoms with Crippen LogP contribution in [0.4, 0.5) is 5.82 Å². The van der Waals surface area contributed by atoms with Crippen molar-refractivity contribution in [3.05, 3.63) is 35.3 Å². The molecule has 0 bridgehead atoms. The number of nitrogens with one attached hydrogen (secondary N) is 1. The van der Waals surface area contributed by atoms with Gasteiger partial charge in [0, 0.05) is 0 Å². The summed E-state index contributed by atoms with van der Waals surface area (Å²) < 4.78 is 1.75. The molecule has 0 amide bonds. The van der Waals surface area contributed by atoms with Crippen molar-refractivity contribution in [2.24, 2.45) is 0 Å². The number of carbonyl (C=O) groups is 1. The second kappa shape index (κ2) is 6.47. The molecular formula is C16H18N4O2S. The molecule has 23 heavy (non-hydrogen) atoms. The zero-order chi connectivity index (χ0) is 16.4. The Morgan fingerprint density at radius 2 is 2.22 bits per heavy atom. The largest absolute Gasteiger partial charge is 0.394 e. The molecule has 0 radical (unpaired) electrons. The number of Topliss-reactive ketones (excluding diaryl/α,β-unsaturated/α-hetero) is 1. The highest BCUT2D eigenvalue weighted by Crippen LogP contribution is 2.28. The van der Waals surface area contributed by atoms with Crippen molar-refractivity contribution in [1.29, 1.82) is 0 Å². The number of nitrogens with zero attached hydrogens (tertiary/aromatic N) is 3. The van der Waals surface area contributed by atoms with Crippen molar-refractivity contribution in [2.45, 2.75) is 26.3 Å². The van der Waals surface area contributed by atoms with Gasteiger partial charge in [0.2, 0.25) is 0 Å². The van der Waals surface area contributed by atoms with E-state index in [4.69, 9.17) is 0 Å². The van der Waals surface area contributed by atoms with Crippen LogP contribution in [0.1, 0.15) is 29.9 Å². The minimum atomic E-state index is -0.0297. The molecule has 0 saturated heterocycles. The lowest BCUT2D eigenvalue weighted by atomic mass is 10.2. The summed E-state index contributed by atoms with van der Waals surface area (Å²) in [6.07, 6.45) is 2.56. The predicted molar refractivity (Wildman–Crippen MR) is 91.1 cm³/mol. The van der Waals surface area contributed by atoms with Gasteiger partial charge < -0.3 is 10.4 Å². The minimum absolute atomic E-state index is 0.0297. The monoisotopic (exact) mass is 330 g/mol. The molecular weight excluding hydrogens is 312 g/mol. The Labute approximate surface area is 137 Å². The summed E-state index contributed by atoms with van der Waals surface area (Å²) in [5.41, 5.74) is 1.58. The molecule has 0 spiro atoms. The van der Waals surface area contributed by atoms with Crippen molar-refractivity contribution in [1.82, 2.24) is 14.6 Å². The van der Waals surface area contributed by atoms with Gasteiger partial charge in [0.05, 0.1) is 28.6 Å². The van der Waals surface area contributed by atoms with E-state index in [1.54, 1.807) is 17.6 Å². The lowest BCUT2D eigenvalue weighted by Gasteiger charge is -2.14. The van der Waals surface area contributed by atoms with Crippen LogP contribution in [0.3, 0.4) is 0 Å². The number of aliphatic hydroxyl groups is 1. The molecule has 0 aliphatic heterocycles. The molecule has 0 aliphatic rings. The molecule has 6 nitrogen and oxygen atoms in total. The summed E-state index contributed by atoms with van der Waals surface area (Å²) in [5, 5.41) is 17.1. The maximum atomic E-state index is 11.5. The van der Waals surface area contributed by atoms with E-state index < -0.39 is 0 Å². The zero-order valence-electron chi connectivity index (χ0n) is 13.0. The second-order valence-corrected chi connectivity index (χ2v) is 6.37. The van der Waals surface area contributed by atoms with Gasteiger partial charge in [-0.05, 0) is 37.6 Å². The zero-order valence-corrected chi connectivity index (χ0v) is 13.8. The number of thiophene rings is 1. The molecule has 3 heterocycles. The number of fused-ring (bicyclic) bond motifs is 1. The van der Waals surface area contributed by atoms with E-state index in [0.29, 0.717) is 5.82 Å². The summed E-state index contributed by atoms with van der Waals surface area (Å²) in [7, 11) is 0. The van der Waals surface area contributed by atoms with Crippen LogP contribution in [0.25, 0.3) is 16.2 Å². The third-order valence-electron chi connectivity index (χ3n) is 3.63. The summed E-state index contributed by atoms with van der Waals surface area (Å²) in [6, 6.07) is 7.43. The Morgan fingerprint density at radius 1 is 1.39 bits per heavy atom. The van der Waals surface area contributed by atoms with Crippen molar-refractivity contribution in [3.63, 3.8) is 0 Å². The highest BCUT2D eigenvalue weighted by atomic mass is 32.1. The number of rotatable bonds is 6. The molecule has 1 unspecified atom stereocenters. The van der Waals surface area contributed by atoms with Crippen LogP contribution in [0, 0.1) is 0 Å². The van der Waals surface area contributed by atoms with E-state index in [2.05, 4.69) is 15.4 Å². The quantitative estimate of drug-likeness (QED) is 0.679. The predicted octanol–water partition coefficient (Wildman–Crippen LogP) is 2.84. The number of aromatic nitrogens is 3. The van der Waals surface area contributed by atoms with Gasteiger partial charge in [-0.2, -0.15) is 0 Å². The van der Waals surface area contributed by atoms with E-state index in [1.165, 1.54) is 11.3 Å². The van der Waals surface area contributed by atoms with Crippen LogP contribution >= 0.6 is 11.3 Å². The highest BCUT2D eigenvalue weighted by molar-refractivity contribution is 7.17. The SMILES string of the molecule is CCC(CO)Nc1ccc2ncc(-c3ccc(C(C)=O)s3)n2n1. The van der Waals surface area contributed by atoms with Gasteiger partial charge in [0.25, 0.3) is 0 Å². The number of hydrogen-bond acceptors (Lipinski definition) is 6. The van der Waals surface area contributed by atoms with Gasteiger partial charge in [0.15, 0.2) is 11.4 Å². The first-order valence-electron chi connectivity index (χ1n) is 7.45. The summed E-state index contributed by atoms with van der Waals surface area (Å²) in [6.45, 7) is 3.62. The smallest absolute Gasteiger partial charge is 0.169 e. The van der Waals surface area contributed by atoms with Crippen molar-refractivity contribution >= 4 is 28.6 Å². The van der Waals surface area contributed by atoms with Gasteiger partial charge >= 0.3 is 0 Å². The molecule has 0 fully saturated rings. The Morgan fingerprint density at radius 3 is 2.87 bits per heavy atom. The molecule has 3 rings (SSSR count). The van der Waals surface area contributed by atoms with Crippen LogP contribution < -0.4 is 5.32 Å². The minimum Gasteiger partial charge on any atom is -0.394 e. The summed E-state index contributed by atoms with van der Waals surface area (Å²) in [5.74, 6) is 0.736. The number of carbonyl (C=O) groups excluding carboxylic acids is 1. The molecule has 7 heteroatoms. The van der Waals surface area contributed by atoms with E-state index in [9.17, 15) is 9.90 Å². The standard InChI is InChI=1S/C16H18N4O2S/c1-3-11(9-21)18-15-6-7-16-17-8-12(20(16)19-15)14-5-4-13(23-14)10(2)22/h4-8,11,21H,3,9H2,1-2H3,(H,18,19). The van der Waals surface area contributed by atoms with E-state index in [0.717, 1.165) is 27.5 Å². The first-order chi connectivity index (χ1) is 11.1. The Bertz CT molecular complexity index is 836. The first-order valence-corrected chi connectivity index (χ1v) is 8.27. The summed E-state index contributed by atoms with van der Waals surface area (Å²) >= 11 is 1.43. The van der Waals surface area contributed by atoms with Crippen molar-refractivity contribution in [2.75, 3.05) is 11.9 Å². The van der Waals surface area contributed by atoms with E-state index >= 15 is 0 Å². The average Bonchev–Trinajstić information content (AvgIpc) is 3.18. The maximum Gasteiger partial charge on any atom is 0.169 e. The number of ketones is 1. The Hall–Kier alpha value is -2.25. The Kier molecular flexibility index (Phi) is 4.40. The fraction of sp³-hybridized carbons (Fsp3) is 0.312. The van der Waals surface area contributed by atoms with Gasteiger partial charge in [-0.25, -0.2) is 9.50 Å². The Balaban J connectivity index is 1.99. The van der Waals surface area contributed by atoms with Crippen molar-refractivity contribution in [3.8, 4) is 10.6 Å². The number of anilines is 1. The highest BCUT2D eigenvalue weighted by Gasteiger charge is 2.13. The number of imidazole rings is 1. The molecule has 0 aromatic carbocycles. The van der Waals surface area contributed by atoms with E-state index in [1.807, 2.05) is 31.2 Å². The van der Waals surface area contributed by atoms with E-state index in [-0.39, 0.29) is 18.4 Å². The third kappa shape index (κ3) is 3.11. The maximum absolute atomic E-state index is 11.5. The fourth-order valence-corrected chi connectivity index (χ4v) is 3.17. The summed E-state index contributed by atoms with van der Waals surface area (Å²) in [4.78, 5) is 17.5. The lowest BCUT2D eigenvalue weighted by molar-refractivity contribution is 0.102. The molecule has 3 aromatic heterocycles. The van der Waals surface area contributed by atoms with Gasteiger partial charge in [-0.1, -0.05) is 6.92 Å². The lowest BCUT2D eigenvalue weighted by Crippen LogP contribution is -2.23. The second-order valence-electron chi connectivity index (χ2n) is 5.28. The van der Waals surface area contributed by atoms with Gasteiger partial charge in [0.1, 0.15) is 11.5 Å². The molecule has 1 atom stereocenters. The molecule has 2 N–H and O–H groups in total. The van der Waals surface area contributed by atoms with Crippen LogP contribution in [0.2, 0.25) is 0 Å². The normalized spacial score (nSPS) is 12.5. The molecule has 3 aromatic rings. The van der Waals surface area contributed by atoms with Crippen LogP contribution in [0.15, 0.2) is 30.5 Å².